The van der Waals surface area contributed by atoms with Crippen molar-refractivity contribution in [2.45, 2.75) is 42.6 Å². The highest BCUT2D eigenvalue weighted by Crippen LogP contribution is 2.43. The molecule has 1 aromatic heterocycles. The number of imidazole rings is 1. The molecule has 0 bridgehead atoms. The summed E-state index contributed by atoms with van der Waals surface area (Å²) in [7, 11) is 0. The van der Waals surface area contributed by atoms with E-state index in [1.54, 1.807) is 17.8 Å². The molecule has 1 saturated carbocycles. The smallest absolute Gasteiger partial charge is 0.248 e. The van der Waals surface area contributed by atoms with Crippen LogP contribution in [0.2, 0.25) is 5.02 Å². The van der Waals surface area contributed by atoms with E-state index >= 15 is 0 Å². The van der Waals surface area contributed by atoms with Gasteiger partial charge in [-0.3, -0.25) is 0 Å². The highest BCUT2D eigenvalue weighted by atomic mass is 35.5. The molecule has 1 N–H and O–H groups in total. The fourth-order valence-corrected chi connectivity index (χ4v) is 4.72. The first-order valence-corrected chi connectivity index (χ1v) is 11.3. The van der Waals surface area contributed by atoms with Crippen LogP contribution in [0.3, 0.4) is 0 Å². The maximum atomic E-state index is 13.7. The van der Waals surface area contributed by atoms with Gasteiger partial charge < -0.3 is 9.72 Å². The minimum absolute atomic E-state index is 0.0248. The van der Waals surface area contributed by atoms with Crippen molar-refractivity contribution in [2.24, 2.45) is 5.92 Å². The second-order valence-corrected chi connectivity index (χ2v) is 9.21. The number of H-pyrrole nitrogens is 1. The third-order valence-electron chi connectivity index (χ3n) is 5.24. The SMILES string of the molecule is Cc1[nH]c(C(OCC2CC(F)(F)C2)c2ccc(F)c(Cl)c2)nc1SCc1ccccc1. The van der Waals surface area contributed by atoms with Crippen LogP contribution in [0, 0.1) is 18.7 Å². The van der Waals surface area contributed by atoms with Gasteiger partial charge in [-0.2, -0.15) is 0 Å². The Morgan fingerprint density at radius 2 is 1.97 bits per heavy atom. The van der Waals surface area contributed by atoms with Crippen LogP contribution < -0.4 is 0 Å². The van der Waals surface area contributed by atoms with Gasteiger partial charge in [-0.15, -0.1) is 0 Å². The molecule has 1 aliphatic rings. The molecule has 2 aromatic carbocycles. The molecule has 1 atom stereocenters. The summed E-state index contributed by atoms with van der Waals surface area (Å²) in [5, 5.41) is 0.805. The van der Waals surface area contributed by atoms with Gasteiger partial charge in [0.2, 0.25) is 5.92 Å². The first-order valence-electron chi connectivity index (χ1n) is 9.98. The van der Waals surface area contributed by atoms with Crippen molar-refractivity contribution in [1.82, 2.24) is 9.97 Å². The Bertz CT molecular complexity index is 1040. The van der Waals surface area contributed by atoms with Gasteiger partial charge in [-0.25, -0.2) is 18.2 Å². The minimum atomic E-state index is -2.61. The third kappa shape index (κ3) is 5.45. The zero-order valence-corrected chi connectivity index (χ0v) is 18.4. The lowest BCUT2D eigenvalue weighted by Crippen LogP contribution is -2.38. The number of aromatic amines is 1. The summed E-state index contributed by atoms with van der Waals surface area (Å²) >= 11 is 7.57. The number of alkyl halides is 2. The lowest BCUT2D eigenvalue weighted by Gasteiger charge is -2.35. The van der Waals surface area contributed by atoms with E-state index < -0.39 is 17.8 Å². The summed E-state index contributed by atoms with van der Waals surface area (Å²) in [6.07, 6.45) is -1.02. The Hall–Kier alpha value is -1.96. The molecule has 8 heteroatoms. The number of nitrogens with zero attached hydrogens (tertiary/aromatic N) is 1. The first kappa shape index (κ1) is 22.2. The van der Waals surface area contributed by atoms with E-state index in [0.29, 0.717) is 11.4 Å². The number of rotatable bonds is 8. The molecular weight excluding hydrogens is 445 g/mol. The van der Waals surface area contributed by atoms with E-state index in [1.807, 2.05) is 25.1 Å². The van der Waals surface area contributed by atoms with E-state index in [1.165, 1.54) is 17.7 Å². The van der Waals surface area contributed by atoms with Crippen molar-refractivity contribution < 1.29 is 17.9 Å². The van der Waals surface area contributed by atoms with Gasteiger partial charge in [0.25, 0.3) is 0 Å². The summed E-state index contributed by atoms with van der Waals surface area (Å²) in [5.41, 5.74) is 2.68. The summed E-state index contributed by atoms with van der Waals surface area (Å²) in [6.45, 7) is 2.09. The molecule has 1 aliphatic carbocycles. The van der Waals surface area contributed by atoms with E-state index in [0.717, 1.165) is 16.5 Å². The number of ether oxygens (including phenoxy) is 1. The van der Waals surface area contributed by atoms with Crippen LogP contribution in [-0.4, -0.2) is 22.5 Å². The molecular formula is C23H22ClF3N2OS. The number of thioether (sulfide) groups is 1. The number of aromatic nitrogens is 2. The zero-order chi connectivity index (χ0) is 22.0. The van der Waals surface area contributed by atoms with Gasteiger partial charge in [0.15, 0.2) is 0 Å². The van der Waals surface area contributed by atoms with E-state index in [4.69, 9.17) is 21.3 Å². The minimum Gasteiger partial charge on any atom is -0.365 e. The van der Waals surface area contributed by atoms with Gasteiger partial charge in [-0.05, 0) is 36.1 Å². The van der Waals surface area contributed by atoms with E-state index in [9.17, 15) is 13.2 Å². The molecule has 31 heavy (non-hydrogen) atoms. The monoisotopic (exact) mass is 466 g/mol. The fraction of sp³-hybridized carbons (Fsp3) is 0.348. The van der Waals surface area contributed by atoms with Crippen molar-refractivity contribution in [3.63, 3.8) is 0 Å². The van der Waals surface area contributed by atoms with Crippen LogP contribution in [-0.2, 0) is 10.5 Å². The van der Waals surface area contributed by atoms with Crippen molar-refractivity contribution in [3.8, 4) is 0 Å². The standard InChI is InChI=1S/C23H22ClF3N2OS/c1-14-22(31-13-15-5-3-2-4-6-15)29-21(28-14)20(17-7-8-19(25)18(24)9-17)30-12-16-10-23(26,27)11-16/h2-9,16,20H,10-13H2,1H3,(H,28,29). The summed E-state index contributed by atoms with van der Waals surface area (Å²) < 4.78 is 46.1. The molecule has 3 aromatic rings. The van der Waals surface area contributed by atoms with Crippen LogP contribution in [0.1, 0.15) is 41.6 Å². The third-order valence-corrected chi connectivity index (χ3v) is 6.68. The molecule has 1 unspecified atom stereocenters. The van der Waals surface area contributed by atoms with Crippen LogP contribution in [0.5, 0.6) is 0 Å². The first-order chi connectivity index (χ1) is 14.8. The van der Waals surface area contributed by atoms with Gasteiger partial charge >= 0.3 is 0 Å². The Labute approximate surface area is 188 Å². The number of aryl methyl sites for hydroxylation is 1. The topological polar surface area (TPSA) is 37.9 Å². The van der Waals surface area contributed by atoms with Gasteiger partial charge in [0.1, 0.15) is 22.8 Å². The highest BCUT2D eigenvalue weighted by molar-refractivity contribution is 7.98. The van der Waals surface area contributed by atoms with Gasteiger partial charge in [0, 0.05) is 24.3 Å². The molecule has 164 valence electrons. The van der Waals surface area contributed by atoms with Crippen molar-refractivity contribution in [2.75, 3.05) is 6.61 Å². The number of hydrogen-bond acceptors (Lipinski definition) is 3. The number of benzene rings is 2. The summed E-state index contributed by atoms with van der Waals surface area (Å²) in [6, 6.07) is 14.4. The summed E-state index contributed by atoms with van der Waals surface area (Å²) in [5.74, 6) is -2.04. The second-order valence-electron chi connectivity index (χ2n) is 7.84. The predicted octanol–water partition coefficient (Wildman–Crippen LogP) is 6.95. The molecule has 0 radical (unpaired) electrons. The molecule has 1 fully saturated rings. The average molecular weight is 467 g/mol. The Morgan fingerprint density at radius 3 is 2.65 bits per heavy atom. The normalized spacial score (nSPS) is 16.8. The van der Waals surface area contributed by atoms with Crippen molar-refractivity contribution in [1.29, 1.82) is 0 Å². The lowest BCUT2D eigenvalue weighted by molar-refractivity contribution is -0.133. The maximum absolute atomic E-state index is 13.7. The molecule has 0 saturated heterocycles. The van der Waals surface area contributed by atoms with Gasteiger partial charge in [0.05, 0.1) is 11.6 Å². The Morgan fingerprint density at radius 1 is 1.23 bits per heavy atom. The van der Waals surface area contributed by atoms with Crippen LogP contribution in [0.25, 0.3) is 0 Å². The van der Waals surface area contributed by atoms with E-state index in [2.05, 4.69) is 17.1 Å². The van der Waals surface area contributed by atoms with Crippen molar-refractivity contribution in [3.05, 3.63) is 82.0 Å². The molecule has 0 amide bonds. The predicted molar refractivity (Wildman–Crippen MR) is 116 cm³/mol. The van der Waals surface area contributed by atoms with Crippen LogP contribution in [0.4, 0.5) is 13.2 Å². The molecule has 0 spiro atoms. The molecule has 0 aliphatic heterocycles. The Balaban J connectivity index is 1.53. The number of nitrogens with one attached hydrogen (secondary N) is 1. The van der Waals surface area contributed by atoms with E-state index in [-0.39, 0.29) is 30.4 Å². The molecule has 3 nitrogen and oxygen atoms in total. The van der Waals surface area contributed by atoms with Crippen molar-refractivity contribution >= 4 is 23.4 Å². The molecule has 4 rings (SSSR count). The summed E-state index contributed by atoms with van der Waals surface area (Å²) in [4.78, 5) is 7.95. The second kappa shape index (κ2) is 9.27. The largest absolute Gasteiger partial charge is 0.365 e. The lowest BCUT2D eigenvalue weighted by atomic mass is 9.82. The maximum Gasteiger partial charge on any atom is 0.248 e. The van der Waals surface area contributed by atoms with Crippen LogP contribution >= 0.6 is 23.4 Å². The number of hydrogen-bond donors (Lipinski definition) is 1. The highest BCUT2D eigenvalue weighted by Gasteiger charge is 2.45. The van der Waals surface area contributed by atoms with Gasteiger partial charge in [-0.1, -0.05) is 59.8 Å². The molecule has 1 heterocycles. The zero-order valence-electron chi connectivity index (χ0n) is 16.9. The fourth-order valence-electron chi connectivity index (χ4n) is 3.60. The quantitative estimate of drug-likeness (QED) is 0.365. The number of halogens is 4. The Kier molecular flexibility index (Phi) is 6.65. The van der Waals surface area contributed by atoms with Crippen LogP contribution in [0.15, 0.2) is 53.6 Å². The average Bonchev–Trinajstić information content (AvgIpc) is 3.08.